The zero-order valence-electron chi connectivity index (χ0n) is 15.3. The Labute approximate surface area is 155 Å². The van der Waals surface area contributed by atoms with Gasteiger partial charge in [-0.25, -0.2) is 4.79 Å². The molecule has 0 saturated carbocycles. The number of hydrogen-bond donors (Lipinski definition) is 1. The van der Waals surface area contributed by atoms with Gasteiger partial charge in [-0.1, -0.05) is 6.07 Å². The van der Waals surface area contributed by atoms with E-state index in [0.29, 0.717) is 5.56 Å². The maximum atomic E-state index is 13.2. The molecule has 0 aromatic carbocycles. The summed E-state index contributed by atoms with van der Waals surface area (Å²) in [6, 6.07) is 3.95. The van der Waals surface area contributed by atoms with Crippen LogP contribution in [0, 0.1) is 0 Å². The van der Waals surface area contributed by atoms with Gasteiger partial charge in [0.2, 0.25) is 5.91 Å². The predicted molar refractivity (Wildman–Crippen MR) is 101 cm³/mol. The first-order valence-corrected chi connectivity index (χ1v) is 9.58. The molecule has 140 valence electrons. The minimum absolute atomic E-state index is 0.0112. The van der Waals surface area contributed by atoms with Gasteiger partial charge in [-0.2, -0.15) is 0 Å². The van der Waals surface area contributed by atoms with Crippen molar-refractivity contribution in [2.75, 3.05) is 13.1 Å². The van der Waals surface area contributed by atoms with Crippen molar-refractivity contribution in [2.24, 2.45) is 14.1 Å². The van der Waals surface area contributed by atoms with Gasteiger partial charge < -0.3 is 14.8 Å². The first kappa shape index (κ1) is 18.6. The summed E-state index contributed by atoms with van der Waals surface area (Å²) >= 11 is 1.56. The Morgan fingerprint density at radius 3 is 2.81 bits per heavy atom. The third-order valence-electron chi connectivity index (χ3n) is 4.96. The monoisotopic (exact) mass is 376 g/mol. The van der Waals surface area contributed by atoms with Gasteiger partial charge in [0.05, 0.1) is 18.0 Å². The highest BCUT2D eigenvalue weighted by Crippen LogP contribution is 2.25. The van der Waals surface area contributed by atoms with Crippen LogP contribution in [0.4, 0.5) is 0 Å². The lowest BCUT2D eigenvalue weighted by atomic mass is 10.1. The maximum absolute atomic E-state index is 13.2. The van der Waals surface area contributed by atoms with E-state index in [1.54, 1.807) is 29.5 Å². The summed E-state index contributed by atoms with van der Waals surface area (Å²) in [5, 5.41) is 5.25. The van der Waals surface area contributed by atoms with Crippen LogP contribution < -0.4 is 16.6 Å². The SMILES string of the molecule is CC(C(=O)N(Cc1cn(C)c(=O)n(C)c1=O)C1CCNC1)c1cccs1. The summed E-state index contributed by atoms with van der Waals surface area (Å²) in [7, 11) is 3.08. The summed E-state index contributed by atoms with van der Waals surface area (Å²) in [6.45, 7) is 3.69. The second-order valence-corrected chi connectivity index (χ2v) is 7.74. The van der Waals surface area contributed by atoms with Crippen LogP contribution in [0.15, 0.2) is 33.3 Å². The molecule has 1 amide bonds. The average molecular weight is 376 g/mol. The van der Waals surface area contributed by atoms with E-state index in [-0.39, 0.29) is 35.7 Å². The molecule has 0 bridgehead atoms. The first-order valence-electron chi connectivity index (χ1n) is 8.70. The van der Waals surface area contributed by atoms with Crippen molar-refractivity contribution >= 4 is 17.2 Å². The van der Waals surface area contributed by atoms with Crippen LogP contribution in [-0.4, -0.2) is 39.1 Å². The highest BCUT2D eigenvalue weighted by molar-refractivity contribution is 7.10. The van der Waals surface area contributed by atoms with Crippen molar-refractivity contribution in [1.82, 2.24) is 19.4 Å². The van der Waals surface area contributed by atoms with Crippen molar-refractivity contribution in [3.8, 4) is 0 Å². The van der Waals surface area contributed by atoms with E-state index in [4.69, 9.17) is 0 Å². The number of aromatic nitrogens is 2. The van der Waals surface area contributed by atoms with Crippen molar-refractivity contribution in [3.63, 3.8) is 0 Å². The summed E-state index contributed by atoms with van der Waals surface area (Å²) in [5.74, 6) is -0.246. The number of nitrogens with one attached hydrogen (secondary N) is 1. The molecular weight excluding hydrogens is 352 g/mol. The molecule has 1 aliphatic heterocycles. The van der Waals surface area contributed by atoms with Gasteiger partial charge in [0, 0.05) is 37.8 Å². The molecule has 2 aromatic rings. The predicted octanol–water partition coefficient (Wildman–Crippen LogP) is 0.640. The van der Waals surface area contributed by atoms with Gasteiger partial charge in [-0.15, -0.1) is 11.3 Å². The van der Waals surface area contributed by atoms with E-state index in [1.807, 2.05) is 24.4 Å². The molecule has 3 heterocycles. The molecule has 0 spiro atoms. The molecule has 0 aliphatic carbocycles. The molecule has 2 aromatic heterocycles. The second-order valence-electron chi connectivity index (χ2n) is 6.76. The topological polar surface area (TPSA) is 76.3 Å². The smallest absolute Gasteiger partial charge is 0.330 e. The summed E-state index contributed by atoms with van der Waals surface area (Å²) in [4.78, 5) is 40.4. The van der Waals surface area contributed by atoms with E-state index in [1.165, 1.54) is 11.6 Å². The Morgan fingerprint density at radius 1 is 1.42 bits per heavy atom. The van der Waals surface area contributed by atoms with E-state index < -0.39 is 0 Å². The van der Waals surface area contributed by atoms with Gasteiger partial charge >= 0.3 is 5.69 Å². The highest BCUT2D eigenvalue weighted by Gasteiger charge is 2.31. The van der Waals surface area contributed by atoms with Gasteiger partial charge in [0.15, 0.2) is 0 Å². The number of amides is 1. The average Bonchev–Trinajstić information content (AvgIpc) is 3.34. The molecule has 8 heteroatoms. The molecule has 1 fully saturated rings. The largest absolute Gasteiger partial charge is 0.333 e. The lowest BCUT2D eigenvalue weighted by Crippen LogP contribution is -2.46. The van der Waals surface area contributed by atoms with E-state index in [2.05, 4.69) is 5.32 Å². The minimum Gasteiger partial charge on any atom is -0.333 e. The molecule has 2 atom stereocenters. The van der Waals surface area contributed by atoms with Gasteiger partial charge in [-0.3, -0.25) is 14.2 Å². The number of rotatable bonds is 5. The number of carbonyl (C=O) groups excluding carboxylic acids is 1. The number of hydrogen-bond acceptors (Lipinski definition) is 5. The minimum atomic E-state index is -0.369. The van der Waals surface area contributed by atoms with Crippen LogP contribution in [0.1, 0.15) is 29.7 Å². The number of nitrogens with zero attached hydrogens (tertiary/aromatic N) is 3. The lowest BCUT2D eigenvalue weighted by molar-refractivity contribution is -0.135. The molecule has 0 radical (unpaired) electrons. The van der Waals surface area contributed by atoms with E-state index in [9.17, 15) is 14.4 Å². The quantitative estimate of drug-likeness (QED) is 0.831. The zero-order valence-corrected chi connectivity index (χ0v) is 16.1. The van der Waals surface area contributed by atoms with Crippen LogP contribution >= 0.6 is 11.3 Å². The molecule has 3 rings (SSSR count). The van der Waals surface area contributed by atoms with Crippen molar-refractivity contribution in [2.45, 2.75) is 31.8 Å². The third kappa shape index (κ3) is 3.52. The maximum Gasteiger partial charge on any atom is 0.330 e. The second kappa shape index (κ2) is 7.59. The van der Waals surface area contributed by atoms with E-state index in [0.717, 1.165) is 29.0 Å². The molecule has 1 N–H and O–H groups in total. The van der Waals surface area contributed by atoms with Crippen LogP contribution in [0.25, 0.3) is 0 Å². The zero-order chi connectivity index (χ0) is 18.8. The van der Waals surface area contributed by atoms with Crippen LogP contribution in [0.5, 0.6) is 0 Å². The standard InChI is InChI=1S/C18H24N4O3S/c1-12(15-5-4-8-26-15)16(23)22(14-6-7-19-9-14)11-13-10-20(2)18(25)21(3)17(13)24/h4-5,8,10,12,14,19H,6-7,9,11H2,1-3H3. The Kier molecular flexibility index (Phi) is 5.43. The first-order chi connectivity index (χ1) is 12.4. The Morgan fingerprint density at radius 2 is 2.19 bits per heavy atom. The van der Waals surface area contributed by atoms with Crippen molar-refractivity contribution in [1.29, 1.82) is 0 Å². The van der Waals surface area contributed by atoms with Crippen molar-refractivity contribution in [3.05, 3.63) is 55.0 Å². The van der Waals surface area contributed by atoms with Crippen LogP contribution in [0.2, 0.25) is 0 Å². The van der Waals surface area contributed by atoms with Gasteiger partial charge in [0.1, 0.15) is 0 Å². The fourth-order valence-corrected chi connectivity index (χ4v) is 4.15. The Balaban J connectivity index is 1.94. The highest BCUT2D eigenvalue weighted by atomic mass is 32.1. The third-order valence-corrected chi connectivity index (χ3v) is 6.01. The lowest BCUT2D eigenvalue weighted by Gasteiger charge is -2.31. The summed E-state index contributed by atoms with van der Waals surface area (Å²) < 4.78 is 2.47. The van der Waals surface area contributed by atoms with Crippen molar-refractivity contribution < 1.29 is 4.79 Å². The normalized spacial score (nSPS) is 18.0. The molecule has 26 heavy (non-hydrogen) atoms. The number of aryl methyl sites for hydroxylation is 1. The number of thiophene rings is 1. The molecule has 2 unspecified atom stereocenters. The van der Waals surface area contributed by atoms with Gasteiger partial charge in [-0.05, 0) is 31.3 Å². The fraction of sp³-hybridized carbons (Fsp3) is 0.500. The summed E-state index contributed by atoms with van der Waals surface area (Å²) in [5.41, 5.74) is -0.264. The fourth-order valence-electron chi connectivity index (χ4n) is 3.38. The molecule has 1 aliphatic rings. The Bertz CT molecular complexity index is 894. The summed E-state index contributed by atoms with van der Waals surface area (Å²) in [6.07, 6.45) is 2.40. The molecule has 7 nitrogen and oxygen atoms in total. The van der Waals surface area contributed by atoms with Gasteiger partial charge in [0.25, 0.3) is 5.56 Å². The molecular formula is C18H24N4O3S. The number of carbonyl (C=O) groups is 1. The molecule has 1 saturated heterocycles. The van der Waals surface area contributed by atoms with Crippen LogP contribution in [0.3, 0.4) is 0 Å². The Hall–Kier alpha value is -2.19. The van der Waals surface area contributed by atoms with Crippen LogP contribution in [-0.2, 0) is 25.4 Å². The van der Waals surface area contributed by atoms with E-state index >= 15 is 0 Å².